The van der Waals surface area contributed by atoms with Gasteiger partial charge in [-0.05, 0) is 12.8 Å². The Balaban J connectivity index is 4.32. The fourth-order valence-corrected chi connectivity index (χ4v) is 1.38. The minimum absolute atomic E-state index is 0.447. The Morgan fingerprint density at radius 3 is 1.53 bits per heavy atom. The van der Waals surface area contributed by atoms with Gasteiger partial charge in [-0.15, -0.1) is 0 Å². The molecule has 0 heterocycles. The number of aliphatic carboxylic acids is 2. The van der Waals surface area contributed by atoms with Gasteiger partial charge in [0, 0.05) is 0 Å². The molecule has 0 aliphatic rings. The first-order valence-corrected chi connectivity index (χ1v) is 5.24. The summed E-state index contributed by atoms with van der Waals surface area (Å²) in [6.45, 7) is 3.74. The quantitative estimate of drug-likeness (QED) is 0.566. The van der Waals surface area contributed by atoms with Crippen molar-refractivity contribution < 1.29 is 19.8 Å². The summed E-state index contributed by atoms with van der Waals surface area (Å²) in [6.07, 6.45) is 2.32. The molecular formula is C10H19NO4. The number of carboxylic acid groups (broad SMARTS) is 2. The first kappa shape index (κ1) is 13.9. The van der Waals surface area contributed by atoms with E-state index in [1.807, 2.05) is 13.8 Å². The van der Waals surface area contributed by atoms with Gasteiger partial charge in [0.2, 0.25) is 0 Å². The van der Waals surface area contributed by atoms with Crippen LogP contribution in [0.1, 0.15) is 39.5 Å². The number of carbonyl (C=O) groups is 2. The predicted molar refractivity (Wildman–Crippen MR) is 55.8 cm³/mol. The van der Waals surface area contributed by atoms with Crippen LogP contribution in [0.25, 0.3) is 0 Å². The molecule has 0 aromatic heterocycles. The lowest BCUT2D eigenvalue weighted by atomic mass is 10.1. The lowest BCUT2D eigenvalue weighted by molar-refractivity contribution is -0.142. The first-order valence-electron chi connectivity index (χ1n) is 5.24. The summed E-state index contributed by atoms with van der Waals surface area (Å²) in [5.41, 5.74) is 0. The summed E-state index contributed by atoms with van der Waals surface area (Å²) in [4.78, 5) is 21.6. The molecular weight excluding hydrogens is 198 g/mol. The zero-order valence-electron chi connectivity index (χ0n) is 9.19. The van der Waals surface area contributed by atoms with Gasteiger partial charge in [0.25, 0.3) is 0 Å². The van der Waals surface area contributed by atoms with E-state index >= 15 is 0 Å². The second-order valence-corrected chi connectivity index (χ2v) is 3.53. The highest BCUT2D eigenvalue weighted by Crippen LogP contribution is 2.03. The molecule has 2 atom stereocenters. The van der Waals surface area contributed by atoms with Crippen LogP contribution in [-0.4, -0.2) is 34.2 Å². The third-order valence-electron chi connectivity index (χ3n) is 2.15. The van der Waals surface area contributed by atoms with E-state index in [4.69, 9.17) is 10.2 Å². The largest absolute Gasteiger partial charge is 0.480 e. The number of nitrogens with one attached hydrogen (secondary N) is 1. The maximum atomic E-state index is 10.8. The smallest absolute Gasteiger partial charge is 0.320 e. The van der Waals surface area contributed by atoms with E-state index in [0.717, 1.165) is 0 Å². The van der Waals surface area contributed by atoms with Crippen molar-refractivity contribution in [2.75, 3.05) is 0 Å². The fourth-order valence-electron chi connectivity index (χ4n) is 1.38. The summed E-state index contributed by atoms with van der Waals surface area (Å²) < 4.78 is 0. The molecule has 0 aromatic carbocycles. The molecule has 0 fully saturated rings. The molecule has 15 heavy (non-hydrogen) atoms. The highest BCUT2D eigenvalue weighted by atomic mass is 16.4. The molecule has 0 aromatic rings. The van der Waals surface area contributed by atoms with Crippen LogP contribution in [0.5, 0.6) is 0 Å². The van der Waals surface area contributed by atoms with Gasteiger partial charge in [0.1, 0.15) is 12.1 Å². The zero-order valence-corrected chi connectivity index (χ0v) is 9.19. The minimum Gasteiger partial charge on any atom is -0.480 e. The van der Waals surface area contributed by atoms with Gasteiger partial charge in [-0.25, -0.2) is 0 Å². The van der Waals surface area contributed by atoms with Crippen LogP contribution in [0.15, 0.2) is 0 Å². The van der Waals surface area contributed by atoms with Crippen LogP contribution in [0.3, 0.4) is 0 Å². The van der Waals surface area contributed by atoms with Crippen molar-refractivity contribution in [2.45, 2.75) is 51.6 Å². The lowest BCUT2D eigenvalue weighted by Crippen LogP contribution is -2.47. The van der Waals surface area contributed by atoms with Crippen molar-refractivity contribution >= 4 is 11.9 Å². The number of rotatable bonds is 8. The first-order chi connectivity index (χ1) is 7.02. The average molecular weight is 217 g/mol. The summed E-state index contributed by atoms with van der Waals surface area (Å²) in [5.74, 6) is -1.97. The number of carboxylic acids is 2. The van der Waals surface area contributed by atoms with Crippen LogP contribution in [0.4, 0.5) is 0 Å². The summed E-state index contributed by atoms with van der Waals surface area (Å²) in [5, 5.41) is 20.4. The Hall–Kier alpha value is -1.10. The molecule has 5 heteroatoms. The monoisotopic (exact) mass is 217 g/mol. The third-order valence-corrected chi connectivity index (χ3v) is 2.15. The molecule has 2 unspecified atom stereocenters. The van der Waals surface area contributed by atoms with Crippen LogP contribution in [0, 0.1) is 0 Å². The third kappa shape index (κ3) is 5.37. The van der Waals surface area contributed by atoms with E-state index in [0.29, 0.717) is 25.7 Å². The maximum Gasteiger partial charge on any atom is 0.320 e. The Kier molecular flexibility index (Phi) is 6.70. The van der Waals surface area contributed by atoms with Crippen LogP contribution >= 0.6 is 0 Å². The fraction of sp³-hybridized carbons (Fsp3) is 0.800. The maximum absolute atomic E-state index is 10.8. The predicted octanol–water partition coefficient (Wildman–Crippen LogP) is 1.08. The van der Waals surface area contributed by atoms with Gasteiger partial charge in [-0.2, -0.15) is 0 Å². The molecule has 0 spiro atoms. The zero-order chi connectivity index (χ0) is 11.8. The Labute approximate surface area is 89.5 Å². The van der Waals surface area contributed by atoms with E-state index in [9.17, 15) is 9.59 Å². The van der Waals surface area contributed by atoms with Crippen molar-refractivity contribution in [1.82, 2.24) is 5.32 Å². The standard InChI is InChI=1S/C10H19NO4/c1-3-5-7(9(12)13)11-8(6-4-2)10(14)15/h7-8,11H,3-6H2,1-2H3,(H,12,13)(H,14,15). The summed E-state index contributed by atoms with van der Waals surface area (Å²) >= 11 is 0. The molecule has 0 saturated carbocycles. The van der Waals surface area contributed by atoms with Gasteiger partial charge < -0.3 is 10.2 Å². The molecule has 88 valence electrons. The van der Waals surface area contributed by atoms with Crippen molar-refractivity contribution in [3.05, 3.63) is 0 Å². The van der Waals surface area contributed by atoms with Crippen molar-refractivity contribution in [3.8, 4) is 0 Å². The van der Waals surface area contributed by atoms with Crippen LogP contribution in [0.2, 0.25) is 0 Å². The number of hydrogen-bond acceptors (Lipinski definition) is 3. The van der Waals surface area contributed by atoms with Crippen LogP contribution < -0.4 is 5.32 Å². The minimum atomic E-state index is -0.987. The van der Waals surface area contributed by atoms with Crippen molar-refractivity contribution in [2.24, 2.45) is 0 Å². The van der Waals surface area contributed by atoms with E-state index in [-0.39, 0.29) is 0 Å². The second kappa shape index (κ2) is 7.23. The molecule has 0 amide bonds. The highest BCUT2D eigenvalue weighted by Gasteiger charge is 2.24. The Morgan fingerprint density at radius 1 is 1.00 bits per heavy atom. The normalized spacial score (nSPS) is 14.5. The van der Waals surface area contributed by atoms with Gasteiger partial charge in [-0.3, -0.25) is 14.9 Å². The van der Waals surface area contributed by atoms with Gasteiger partial charge in [-0.1, -0.05) is 26.7 Å². The van der Waals surface area contributed by atoms with E-state index < -0.39 is 24.0 Å². The molecule has 3 N–H and O–H groups in total. The topological polar surface area (TPSA) is 86.6 Å². The Morgan fingerprint density at radius 2 is 1.33 bits per heavy atom. The number of hydrogen-bond donors (Lipinski definition) is 3. The van der Waals surface area contributed by atoms with Gasteiger partial charge in [0.05, 0.1) is 0 Å². The molecule has 0 radical (unpaired) electrons. The van der Waals surface area contributed by atoms with E-state index in [2.05, 4.69) is 5.32 Å². The molecule has 0 rings (SSSR count). The average Bonchev–Trinajstić information content (AvgIpc) is 2.15. The van der Waals surface area contributed by atoms with Crippen molar-refractivity contribution in [3.63, 3.8) is 0 Å². The molecule has 5 nitrogen and oxygen atoms in total. The summed E-state index contributed by atoms with van der Waals surface area (Å²) in [7, 11) is 0. The van der Waals surface area contributed by atoms with Crippen molar-refractivity contribution in [1.29, 1.82) is 0 Å². The van der Waals surface area contributed by atoms with E-state index in [1.54, 1.807) is 0 Å². The summed E-state index contributed by atoms with van der Waals surface area (Å²) in [6, 6.07) is -1.52. The molecule has 0 aliphatic carbocycles. The molecule has 0 saturated heterocycles. The SMILES string of the molecule is CCCC(NC(CCC)C(=O)O)C(=O)O. The second-order valence-electron chi connectivity index (χ2n) is 3.53. The molecule has 0 bridgehead atoms. The Bertz CT molecular complexity index is 195. The van der Waals surface area contributed by atoms with Gasteiger partial charge in [0.15, 0.2) is 0 Å². The lowest BCUT2D eigenvalue weighted by Gasteiger charge is -2.19. The van der Waals surface area contributed by atoms with E-state index in [1.165, 1.54) is 0 Å². The molecule has 0 aliphatic heterocycles. The van der Waals surface area contributed by atoms with Crippen LogP contribution in [-0.2, 0) is 9.59 Å². The highest BCUT2D eigenvalue weighted by molar-refractivity contribution is 5.77. The van der Waals surface area contributed by atoms with Gasteiger partial charge >= 0.3 is 11.9 Å².